The van der Waals surface area contributed by atoms with Crippen molar-refractivity contribution >= 4 is 5.91 Å². The first-order valence-electron chi connectivity index (χ1n) is 5.23. The lowest BCUT2D eigenvalue weighted by atomic mass is 9.77. The molecule has 3 heteroatoms. The third-order valence-corrected chi connectivity index (χ3v) is 3.00. The first kappa shape index (κ1) is 9.21. The van der Waals surface area contributed by atoms with E-state index >= 15 is 0 Å². The van der Waals surface area contributed by atoms with E-state index in [1.54, 1.807) is 0 Å². The van der Waals surface area contributed by atoms with Gasteiger partial charge in [-0.05, 0) is 11.6 Å². The van der Waals surface area contributed by atoms with Crippen LogP contribution in [-0.4, -0.2) is 5.91 Å². The maximum Gasteiger partial charge on any atom is 0.256 e. The Balaban J connectivity index is 2.11. The second-order valence-corrected chi connectivity index (χ2v) is 3.97. The lowest BCUT2D eigenvalue weighted by Gasteiger charge is -2.31. The van der Waals surface area contributed by atoms with E-state index in [0.29, 0.717) is 6.42 Å². The molecule has 1 atom stereocenters. The minimum absolute atomic E-state index is 0.131. The highest BCUT2D eigenvalue weighted by Gasteiger charge is 2.38. The van der Waals surface area contributed by atoms with Crippen LogP contribution in [0.25, 0.3) is 0 Å². The number of carbonyl (C=O) groups excluding carboxylic acids is 1. The second kappa shape index (κ2) is 3.23. The Morgan fingerprint density at radius 1 is 1.25 bits per heavy atom. The number of hydroxylamine groups is 1. The lowest BCUT2D eigenvalue weighted by molar-refractivity contribution is -0.130. The summed E-state index contributed by atoms with van der Waals surface area (Å²) >= 11 is 0. The van der Waals surface area contributed by atoms with Crippen molar-refractivity contribution in [1.82, 2.24) is 5.48 Å². The Morgan fingerprint density at radius 3 is 3.12 bits per heavy atom. The summed E-state index contributed by atoms with van der Waals surface area (Å²) in [6.07, 6.45) is 16.3. The van der Waals surface area contributed by atoms with Crippen LogP contribution in [0.15, 0.2) is 59.9 Å². The average molecular weight is 213 g/mol. The van der Waals surface area contributed by atoms with Gasteiger partial charge < -0.3 is 4.84 Å². The van der Waals surface area contributed by atoms with E-state index in [4.69, 9.17) is 4.84 Å². The largest absolute Gasteiger partial charge is 0.382 e. The van der Waals surface area contributed by atoms with Crippen molar-refractivity contribution in [2.45, 2.75) is 6.42 Å². The maximum atomic E-state index is 11.2. The van der Waals surface area contributed by atoms with Gasteiger partial charge in [0.05, 0.1) is 5.41 Å². The molecule has 1 spiro atoms. The zero-order valence-corrected chi connectivity index (χ0v) is 8.64. The molecule has 0 saturated carbocycles. The molecule has 3 aliphatic rings. The Kier molecular flexibility index (Phi) is 1.86. The van der Waals surface area contributed by atoms with Gasteiger partial charge in [0.25, 0.3) is 5.91 Å². The molecule has 0 bridgehead atoms. The van der Waals surface area contributed by atoms with E-state index in [1.165, 1.54) is 0 Å². The highest BCUT2D eigenvalue weighted by atomic mass is 16.7. The summed E-state index contributed by atoms with van der Waals surface area (Å²) < 4.78 is 0. The van der Waals surface area contributed by atoms with Crippen LogP contribution >= 0.6 is 0 Å². The van der Waals surface area contributed by atoms with E-state index in [0.717, 1.165) is 11.3 Å². The Bertz CT molecular complexity index is 494. The Labute approximate surface area is 93.4 Å². The minimum atomic E-state index is -0.317. The Morgan fingerprint density at radius 2 is 2.19 bits per heavy atom. The van der Waals surface area contributed by atoms with Gasteiger partial charge in [0, 0.05) is 6.42 Å². The van der Waals surface area contributed by atoms with Crippen LogP contribution in [-0.2, 0) is 9.63 Å². The summed E-state index contributed by atoms with van der Waals surface area (Å²) in [7, 11) is 0. The molecule has 1 unspecified atom stereocenters. The summed E-state index contributed by atoms with van der Waals surface area (Å²) in [6, 6.07) is 0. The molecule has 0 fully saturated rings. The van der Waals surface area contributed by atoms with Crippen molar-refractivity contribution in [1.29, 1.82) is 0 Å². The van der Waals surface area contributed by atoms with Crippen LogP contribution in [0.4, 0.5) is 0 Å². The standard InChI is InChI=1S/C13H11NO2/c15-12-7-3-9-13-8-2-5-10(13)4-1-6-11(13)16-14-12/h1-6,8-9H,7H2,(H,14,15)/b9-3+. The van der Waals surface area contributed by atoms with Crippen molar-refractivity contribution in [3.63, 3.8) is 0 Å². The molecular weight excluding hydrogens is 202 g/mol. The van der Waals surface area contributed by atoms with Gasteiger partial charge in [-0.25, -0.2) is 0 Å². The molecule has 0 aromatic rings. The smallest absolute Gasteiger partial charge is 0.256 e. The molecule has 1 heterocycles. The lowest BCUT2D eigenvalue weighted by Crippen LogP contribution is -2.32. The zero-order chi connectivity index (χ0) is 11.0. The SMILES string of the molecule is O=C1C/C=C/C23C=CC=C2C=CC=C3ON1. The second-order valence-electron chi connectivity index (χ2n) is 3.97. The molecule has 1 aliphatic heterocycles. The summed E-state index contributed by atoms with van der Waals surface area (Å²) in [5, 5.41) is 0. The van der Waals surface area contributed by atoms with Crippen LogP contribution in [0.2, 0.25) is 0 Å². The van der Waals surface area contributed by atoms with Gasteiger partial charge in [0.2, 0.25) is 0 Å². The van der Waals surface area contributed by atoms with Crippen molar-refractivity contribution in [3.8, 4) is 0 Å². The van der Waals surface area contributed by atoms with Crippen molar-refractivity contribution in [2.24, 2.45) is 5.41 Å². The van der Waals surface area contributed by atoms with Crippen LogP contribution in [0.1, 0.15) is 6.42 Å². The monoisotopic (exact) mass is 213 g/mol. The molecule has 16 heavy (non-hydrogen) atoms. The number of nitrogens with one attached hydrogen (secondary N) is 1. The number of allylic oxidation sites excluding steroid dienone is 6. The van der Waals surface area contributed by atoms with Crippen LogP contribution in [0.3, 0.4) is 0 Å². The highest BCUT2D eigenvalue weighted by Crippen LogP contribution is 2.45. The van der Waals surface area contributed by atoms with Gasteiger partial charge in [-0.2, -0.15) is 5.48 Å². The van der Waals surface area contributed by atoms with Gasteiger partial charge in [0.1, 0.15) is 5.76 Å². The van der Waals surface area contributed by atoms with E-state index in [2.05, 4.69) is 23.7 Å². The summed E-state index contributed by atoms with van der Waals surface area (Å²) in [5.41, 5.74) is 3.28. The van der Waals surface area contributed by atoms with E-state index in [-0.39, 0.29) is 11.3 Å². The third kappa shape index (κ3) is 1.18. The van der Waals surface area contributed by atoms with Crippen LogP contribution in [0.5, 0.6) is 0 Å². The summed E-state index contributed by atoms with van der Waals surface area (Å²) in [6.45, 7) is 0. The molecule has 2 aliphatic carbocycles. The van der Waals surface area contributed by atoms with E-state index in [1.807, 2.05) is 30.4 Å². The molecule has 3 nitrogen and oxygen atoms in total. The predicted octanol–water partition coefficient (Wildman–Crippen LogP) is 1.93. The molecule has 0 radical (unpaired) electrons. The zero-order valence-electron chi connectivity index (χ0n) is 8.64. The predicted molar refractivity (Wildman–Crippen MR) is 59.9 cm³/mol. The fraction of sp³-hybridized carbons (Fsp3) is 0.154. The highest BCUT2D eigenvalue weighted by molar-refractivity contribution is 5.77. The van der Waals surface area contributed by atoms with Crippen LogP contribution < -0.4 is 5.48 Å². The Hall–Kier alpha value is -2.03. The summed E-state index contributed by atoms with van der Waals surface area (Å²) in [5.74, 6) is 0.605. The fourth-order valence-electron chi connectivity index (χ4n) is 2.19. The number of carbonyl (C=O) groups is 1. The number of amides is 1. The average Bonchev–Trinajstić information content (AvgIpc) is 2.68. The number of rotatable bonds is 0. The van der Waals surface area contributed by atoms with Gasteiger partial charge in [-0.3, -0.25) is 4.79 Å². The van der Waals surface area contributed by atoms with Gasteiger partial charge in [-0.15, -0.1) is 0 Å². The molecule has 0 aromatic heterocycles. The van der Waals surface area contributed by atoms with Crippen molar-refractivity contribution in [3.05, 3.63) is 59.9 Å². The first-order valence-corrected chi connectivity index (χ1v) is 5.23. The molecule has 1 N–H and O–H groups in total. The number of hydrogen-bond donors (Lipinski definition) is 1. The van der Waals surface area contributed by atoms with Gasteiger partial charge >= 0.3 is 0 Å². The molecule has 80 valence electrons. The third-order valence-electron chi connectivity index (χ3n) is 3.00. The summed E-state index contributed by atoms with van der Waals surface area (Å²) in [4.78, 5) is 16.6. The first-order chi connectivity index (χ1) is 7.81. The molecule has 0 saturated heterocycles. The van der Waals surface area contributed by atoms with E-state index in [9.17, 15) is 4.79 Å². The topological polar surface area (TPSA) is 38.3 Å². The van der Waals surface area contributed by atoms with Crippen molar-refractivity contribution in [2.75, 3.05) is 0 Å². The fourth-order valence-corrected chi connectivity index (χ4v) is 2.19. The van der Waals surface area contributed by atoms with Gasteiger partial charge in [-0.1, -0.05) is 42.5 Å². The molecular formula is C13H11NO2. The quantitative estimate of drug-likeness (QED) is 0.624. The molecule has 3 rings (SSSR count). The van der Waals surface area contributed by atoms with E-state index < -0.39 is 0 Å². The minimum Gasteiger partial charge on any atom is -0.382 e. The normalized spacial score (nSPS) is 32.4. The maximum absolute atomic E-state index is 11.2. The molecule has 1 amide bonds. The van der Waals surface area contributed by atoms with Gasteiger partial charge in [0.15, 0.2) is 0 Å². The van der Waals surface area contributed by atoms with Crippen molar-refractivity contribution < 1.29 is 9.63 Å². The van der Waals surface area contributed by atoms with Crippen LogP contribution in [0, 0.1) is 5.41 Å². The number of hydrogen-bond acceptors (Lipinski definition) is 2. The molecule has 0 aromatic carbocycles.